The summed E-state index contributed by atoms with van der Waals surface area (Å²) < 4.78 is 26.6. The lowest BCUT2D eigenvalue weighted by molar-refractivity contribution is 0.101. The minimum absolute atomic E-state index is 0.0102. The van der Waals surface area contributed by atoms with E-state index in [9.17, 15) is 13.2 Å². The van der Waals surface area contributed by atoms with Crippen LogP contribution >= 0.6 is 0 Å². The molecule has 1 N–H and O–H groups in total. The molecule has 5 nitrogen and oxygen atoms in total. The van der Waals surface area contributed by atoms with Crippen LogP contribution in [0.4, 0.5) is 0 Å². The minimum Gasteiger partial charge on any atom is -0.313 e. The number of hydrogen-bond donors (Lipinski definition) is 1. The monoisotopic (exact) mass is 282 g/mol. The van der Waals surface area contributed by atoms with Crippen LogP contribution in [0.1, 0.15) is 24.2 Å². The quantitative estimate of drug-likeness (QED) is 0.814. The Morgan fingerprint density at radius 2 is 2.11 bits per heavy atom. The largest absolute Gasteiger partial charge is 0.313 e. The molecule has 1 aromatic carbocycles. The molecule has 1 aromatic rings. The first kappa shape index (κ1) is 14.2. The number of ketones is 1. The van der Waals surface area contributed by atoms with Crippen LogP contribution in [-0.2, 0) is 10.0 Å². The van der Waals surface area contributed by atoms with E-state index in [2.05, 4.69) is 5.32 Å². The van der Waals surface area contributed by atoms with Crippen molar-refractivity contribution in [1.82, 2.24) is 9.62 Å². The highest BCUT2D eigenvalue weighted by Crippen LogP contribution is 2.20. The second-order valence-corrected chi connectivity index (χ2v) is 6.50. The Labute approximate surface area is 113 Å². The van der Waals surface area contributed by atoms with Crippen molar-refractivity contribution in [3.8, 4) is 0 Å². The molecule has 0 spiro atoms. The molecule has 104 valence electrons. The van der Waals surface area contributed by atoms with Crippen molar-refractivity contribution in [3.05, 3.63) is 29.8 Å². The Kier molecular flexibility index (Phi) is 4.03. The smallest absolute Gasteiger partial charge is 0.243 e. The van der Waals surface area contributed by atoms with E-state index in [-0.39, 0.29) is 16.7 Å². The van der Waals surface area contributed by atoms with Crippen LogP contribution in [0.5, 0.6) is 0 Å². The Hall–Kier alpha value is -1.24. The molecule has 2 rings (SSSR count). The number of nitrogens with zero attached hydrogens (tertiary/aromatic N) is 1. The van der Waals surface area contributed by atoms with E-state index in [1.54, 1.807) is 12.1 Å². The number of Topliss-reactive ketones (excluding diaryl/α,β-unsaturated/α-hetero) is 1. The summed E-state index contributed by atoms with van der Waals surface area (Å²) in [6.07, 6.45) is 0. The van der Waals surface area contributed by atoms with Crippen LogP contribution < -0.4 is 5.32 Å². The lowest BCUT2D eigenvalue weighted by Gasteiger charge is -2.36. The van der Waals surface area contributed by atoms with Crippen molar-refractivity contribution in [1.29, 1.82) is 0 Å². The predicted molar refractivity (Wildman–Crippen MR) is 72.7 cm³/mol. The highest BCUT2D eigenvalue weighted by molar-refractivity contribution is 7.89. The van der Waals surface area contributed by atoms with Crippen molar-refractivity contribution in [2.24, 2.45) is 0 Å². The van der Waals surface area contributed by atoms with Crippen molar-refractivity contribution in [2.45, 2.75) is 24.8 Å². The molecule has 1 aliphatic heterocycles. The molecule has 6 heteroatoms. The van der Waals surface area contributed by atoms with Gasteiger partial charge in [-0.05, 0) is 19.1 Å². The lowest BCUT2D eigenvalue weighted by Crippen LogP contribution is -2.58. The fraction of sp³-hybridized carbons (Fsp3) is 0.462. The van der Waals surface area contributed by atoms with E-state index in [4.69, 9.17) is 0 Å². The molecule has 0 bridgehead atoms. The van der Waals surface area contributed by atoms with E-state index in [1.807, 2.05) is 6.92 Å². The van der Waals surface area contributed by atoms with E-state index < -0.39 is 10.0 Å². The third-order valence-electron chi connectivity index (χ3n) is 3.33. The molecule has 1 saturated heterocycles. The summed E-state index contributed by atoms with van der Waals surface area (Å²) >= 11 is 0. The number of carbonyl (C=O) groups excluding carboxylic acids is 1. The van der Waals surface area contributed by atoms with Gasteiger partial charge in [0.25, 0.3) is 0 Å². The average molecular weight is 282 g/mol. The number of sulfonamides is 1. The number of hydrogen-bond acceptors (Lipinski definition) is 4. The molecule has 0 aliphatic carbocycles. The Bertz CT molecular complexity index is 579. The zero-order valence-corrected chi connectivity index (χ0v) is 11.9. The van der Waals surface area contributed by atoms with Crippen LogP contribution in [0.3, 0.4) is 0 Å². The number of nitrogens with one attached hydrogen (secondary N) is 1. The van der Waals surface area contributed by atoms with Crippen molar-refractivity contribution < 1.29 is 13.2 Å². The third-order valence-corrected chi connectivity index (χ3v) is 5.35. The predicted octanol–water partition coefficient (Wildman–Crippen LogP) is 0.872. The number of benzene rings is 1. The van der Waals surface area contributed by atoms with Crippen molar-refractivity contribution in [2.75, 3.05) is 19.6 Å². The number of rotatable bonds is 5. The summed E-state index contributed by atoms with van der Waals surface area (Å²) in [6, 6.07) is 6.23. The van der Waals surface area contributed by atoms with Crippen molar-refractivity contribution >= 4 is 15.8 Å². The van der Waals surface area contributed by atoms with Gasteiger partial charge >= 0.3 is 0 Å². The zero-order chi connectivity index (χ0) is 14.0. The molecule has 0 aromatic heterocycles. The summed E-state index contributed by atoms with van der Waals surface area (Å²) in [5, 5.41) is 3.07. The standard InChI is InChI=1S/C13H18N2O3S/c1-3-15(12-8-14-9-12)19(17,18)13-6-4-5-11(7-13)10(2)16/h4-7,12,14H,3,8-9H2,1-2H3. The topological polar surface area (TPSA) is 66.5 Å². The summed E-state index contributed by atoms with van der Waals surface area (Å²) in [4.78, 5) is 11.5. The molecule has 1 fully saturated rings. The molecule has 1 heterocycles. The Morgan fingerprint density at radius 1 is 1.42 bits per heavy atom. The van der Waals surface area contributed by atoms with Crippen LogP contribution in [0.2, 0.25) is 0 Å². The molecule has 0 atom stereocenters. The molecule has 0 saturated carbocycles. The molecule has 0 radical (unpaired) electrons. The van der Waals surface area contributed by atoms with E-state index in [0.29, 0.717) is 25.2 Å². The normalized spacial score (nSPS) is 16.4. The van der Waals surface area contributed by atoms with Gasteiger partial charge in [0.2, 0.25) is 10.0 Å². The maximum Gasteiger partial charge on any atom is 0.243 e. The summed E-state index contributed by atoms with van der Waals surface area (Å²) in [5.41, 5.74) is 0.420. The third kappa shape index (κ3) is 2.70. The maximum absolute atomic E-state index is 12.6. The van der Waals surface area contributed by atoms with Gasteiger partial charge in [-0.1, -0.05) is 19.1 Å². The summed E-state index contributed by atoms with van der Waals surface area (Å²) in [6.45, 7) is 5.04. The van der Waals surface area contributed by atoms with Gasteiger partial charge in [-0.15, -0.1) is 0 Å². The van der Waals surface area contributed by atoms with E-state index in [0.717, 1.165) is 0 Å². The SMILES string of the molecule is CCN(C1CNC1)S(=O)(=O)c1cccc(C(C)=O)c1. The maximum atomic E-state index is 12.6. The van der Waals surface area contributed by atoms with Gasteiger partial charge < -0.3 is 5.32 Å². The van der Waals surface area contributed by atoms with Gasteiger partial charge in [0.05, 0.1) is 4.90 Å². The first-order valence-electron chi connectivity index (χ1n) is 6.30. The highest BCUT2D eigenvalue weighted by Gasteiger charge is 2.33. The van der Waals surface area contributed by atoms with Crippen molar-refractivity contribution in [3.63, 3.8) is 0 Å². The lowest BCUT2D eigenvalue weighted by atomic mass is 10.2. The molecule has 1 aliphatic rings. The number of carbonyl (C=O) groups is 1. The second-order valence-electron chi connectivity index (χ2n) is 4.60. The second kappa shape index (κ2) is 5.40. The zero-order valence-electron chi connectivity index (χ0n) is 11.1. The molecule has 0 unspecified atom stereocenters. The van der Waals surface area contributed by atoms with Gasteiger partial charge in [0.15, 0.2) is 5.78 Å². The minimum atomic E-state index is -3.53. The van der Waals surface area contributed by atoms with Crippen LogP contribution in [0, 0.1) is 0 Å². The Balaban J connectivity index is 2.37. The van der Waals surface area contributed by atoms with Crippen LogP contribution in [-0.4, -0.2) is 44.2 Å². The average Bonchev–Trinajstić information content (AvgIpc) is 2.33. The number of likely N-dealkylation sites (N-methyl/N-ethyl adjacent to an activating group) is 1. The highest BCUT2D eigenvalue weighted by atomic mass is 32.2. The fourth-order valence-electron chi connectivity index (χ4n) is 2.11. The van der Waals surface area contributed by atoms with Crippen LogP contribution in [0.25, 0.3) is 0 Å². The molecular formula is C13H18N2O3S. The molecule has 0 amide bonds. The molecular weight excluding hydrogens is 264 g/mol. The Morgan fingerprint density at radius 3 is 2.58 bits per heavy atom. The fourth-order valence-corrected chi connectivity index (χ4v) is 3.79. The first-order valence-corrected chi connectivity index (χ1v) is 7.74. The van der Waals surface area contributed by atoms with Gasteiger partial charge in [-0.2, -0.15) is 4.31 Å². The van der Waals surface area contributed by atoms with Gasteiger partial charge in [-0.25, -0.2) is 8.42 Å². The van der Waals surface area contributed by atoms with E-state index in [1.165, 1.54) is 23.4 Å². The van der Waals surface area contributed by atoms with Crippen LogP contribution in [0.15, 0.2) is 29.2 Å². The van der Waals surface area contributed by atoms with Gasteiger partial charge in [-0.3, -0.25) is 4.79 Å². The summed E-state index contributed by atoms with van der Waals surface area (Å²) in [5.74, 6) is -0.134. The summed E-state index contributed by atoms with van der Waals surface area (Å²) in [7, 11) is -3.53. The molecule has 19 heavy (non-hydrogen) atoms. The van der Waals surface area contributed by atoms with Gasteiger partial charge in [0.1, 0.15) is 0 Å². The van der Waals surface area contributed by atoms with Gasteiger partial charge in [0, 0.05) is 31.2 Å². The first-order chi connectivity index (χ1) is 8.96. The van der Waals surface area contributed by atoms with E-state index >= 15 is 0 Å².